The Kier molecular flexibility index (Phi) is 5.78. The van der Waals surface area contributed by atoms with Crippen LogP contribution in [0.3, 0.4) is 0 Å². The standard InChI is InChI=1S/C24H30N4O/c1-7-19-10-13-22(18(3)14-19)25-23(29)26-28-16-20(24(4,5)6)15-27(28)21-11-8-17(2)9-12-21/h8-16H,7H2,1-6H3,(H-,25,26,29)/p+1. The van der Waals surface area contributed by atoms with E-state index in [0.29, 0.717) is 0 Å². The van der Waals surface area contributed by atoms with Crippen LogP contribution < -0.4 is 15.4 Å². The van der Waals surface area contributed by atoms with Crippen LogP contribution in [-0.4, -0.2) is 10.8 Å². The lowest BCUT2D eigenvalue weighted by Crippen LogP contribution is -2.47. The van der Waals surface area contributed by atoms with E-state index in [4.69, 9.17) is 0 Å². The molecule has 0 saturated carbocycles. The van der Waals surface area contributed by atoms with Gasteiger partial charge in [-0.1, -0.05) is 62.3 Å². The van der Waals surface area contributed by atoms with Crippen LogP contribution in [0.25, 0.3) is 5.69 Å². The average Bonchev–Trinajstić information content (AvgIpc) is 3.08. The number of rotatable bonds is 4. The summed E-state index contributed by atoms with van der Waals surface area (Å²) in [6.07, 6.45) is 5.00. The number of anilines is 1. The summed E-state index contributed by atoms with van der Waals surface area (Å²) < 4.78 is 1.95. The number of nitrogens with zero attached hydrogens (tertiary/aromatic N) is 2. The Morgan fingerprint density at radius 2 is 1.76 bits per heavy atom. The SMILES string of the molecule is CCc1ccc(NC(=O)Nn2cc(C(C)(C)C)c[n+]2-c2ccc(C)cc2)c(C)c1. The van der Waals surface area contributed by atoms with Crippen molar-refractivity contribution in [3.63, 3.8) is 0 Å². The highest BCUT2D eigenvalue weighted by Crippen LogP contribution is 2.21. The van der Waals surface area contributed by atoms with Crippen molar-refractivity contribution in [1.29, 1.82) is 0 Å². The molecule has 0 fully saturated rings. The maximum atomic E-state index is 12.7. The van der Waals surface area contributed by atoms with Crippen LogP contribution >= 0.6 is 0 Å². The van der Waals surface area contributed by atoms with E-state index in [-0.39, 0.29) is 11.4 Å². The molecule has 0 bridgehead atoms. The predicted octanol–water partition coefficient (Wildman–Crippen LogP) is 5.02. The number of aryl methyl sites for hydroxylation is 3. The smallest absolute Gasteiger partial charge is 0.286 e. The van der Waals surface area contributed by atoms with Gasteiger partial charge in [-0.25, -0.2) is 4.79 Å². The molecular formula is C24H31N4O+. The first-order chi connectivity index (χ1) is 13.7. The molecule has 0 saturated heterocycles. The van der Waals surface area contributed by atoms with Crippen molar-refractivity contribution in [1.82, 2.24) is 4.79 Å². The molecule has 0 atom stereocenters. The van der Waals surface area contributed by atoms with Gasteiger partial charge in [-0.05, 0) is 55.0 Å². The van der Waals surface area contributed by atoms with E-state index in [1.807, 2.05) is 42.1 Å². The molecule has 152 valence electrons. The van der Waals surface area contributed by atoms with Gasteiger partial charge in [0.1, 0.15) is 6.20 Å². The van der Waals surface area contributed by atoms with Gasteiger partial charge in [0.15, 0.2) is 5.69 Å². The largest absolute Gasteiger partial charge is 0.429 e. The topological polar surface area (TPSA) is 49.9 Å². The molecule has 1 heterocycles. The first kappa shape index (κ1) is 20.6. The zero-order valence-electron chi connectivity index (χ0n) is 18.2. The number of urea groups is 1. The van der Waals surface area contributed by atoms with Crippen LogP contribution in [0, 0.1) is 13.8 Å². The van der Waals surface area contributed by atoms with Crippen LogP contribution in [0.4, 0.5) is 10.5 Å². The molecule has 2 amide bonds. The number of aromatic nitrogens is 2. The third kappa shape index (κ3) is 4.86. The zero-order valence-corrected chi connectivity index (χ0v) is 18.2. The maximum Gasteiger partial charge on any atom is 0.429 e. The molecule has 5 nitrogen and oxygen atoms in total. The van der Waals surface area contributed by atoms with Crippen LogP contribution in [0.5, 0.6) is 0 Å². The van der Waals surface area contributed by atoms with Crippen molar-refractivity contribution < 1.29 is 9.48 Å². The molecule has 0 aliphatic heterocycles. The van der Waals surface area contributed by atoms with Gasteiger partial charge in [0, 0.05) is 11.3 Å². The minimum Gasteiger partial charge on any atom is -0.286 e. The molecule has 0 aliphatic carbocycles. The predicted molar refractivity (Wildman–Crippen MR) is 118 cm³/mol. The summed E-state index contributed by atoms with van der Waals surface area (Å²) in [5, 5.41) is 2.96. The van der Waals surface area contributed by atoms with E-state index in [1.165, 1.54) is 11.1 Å². The molecular weight excluding hydrogens is 360 g/mol. The lowest BCUT2D eigenvalue weighted by molar-refractivity contribution is -0.679. The van der Waals surface area contributed by atoms with Gasteiger partial charge in [-0.3, -0.25) is 5.32 Å². The lowest BCUT2D eigenvalue weighted by atomic mass is 9.90. The number of carbonyl (C=O) groups excluding carboxylic acids is 1. The molecule has 5 heteroatoms. The van der Waals surface area contributed by atoms with Crippen molar-refractivity contribution in [3.8, 4) is 5.69 Å². The summed E-state index contributed by atoms with van der Waals surface area (Å²) in [5.41, 5.74) is 9.33. The number of benzene rings is 2. The Morgan fingerprint density at radius 3 is 2.34 bits per heavy atom. The van der Waals surface area contributed by atoms with Gasteiger partial charge in [0.25, 0.3) is 0 Å². The molecule has 0 unspecified atom stereocenters. The summed E-state index contributed by atoms with van der Waals surface area (Å²) >= 11 is 0. The van der Waals surface area contributed by atoms with E-state index >= 15 is 0 Å². The minimum absolute atomic E-state index is 0.0393. The molecule has 2 aromatic carbocycles. The summed E-state index contributed by atoms with van der Waals surface area (Å²) in [6, 6.07) is 14.0. The second-order valence-electron chi connectivity index (χ2n) is 8.56. The van der Waals surface area contributed by atoms with Crippen molar-refractivity contribution >= 4 is 11.7 Å². The fraction of sp³-hybridized carbons (Fsp3) is 0.333. The summed E-state index contributed by atoms with van der Waals surface area (Å²) in [4.78, 5) is 14.5. The molecule has 0 radical (unpaired) electrons. The van der Waals surface area contributed by atoms with E-state index in [9.17, 15) is 4.79 Å². The zero-order chi connectivity index (χ0) is 21.2. The first-order valence-electron chi connectivity index (χ1n) is 10.1. The van der Waals surface area contributed by atoms with Gasteiger partial charge in [0.05, 0.1) is 6.20 Å². The number of carbonyl (C=O) groups is 1. The number of hydrogen-bond acceptors (Lipinski definition) is 1. The average molecular weight is 392 g/mol. The molecule has 3 aromatic rings. The van der Waals surface area contributed by atoms with E-state index < -0.39 is 0 Å². The highest BCUT2D eigenvalue weighted by molar-refractivity contribution is 5.95. The molecule has 2 N–H and O–H groups in total. The van der Waals surface area contributed by atoms with Crippen molar-refractivity contribution in [2.24, 2.45) is 0 Å². The number of amides is 2. The van der Waals surface area contributed by atoms with Crippen molar-refractivity contribution in [3.05, 3.63) is 77.1 Å². The van der Waals surface area contributed by atoms with Gasteiger partial charge in [-0.15, -0.1) is 10.1 Å². The molecule has 3 rings (SSSR count). The van der Waals surface area contributed by atoms with Crippen molar-refractivity contribution in [2.45, 2.75) is 53.4 Å². The van der Waals surface area contributed by atoms with Crippen LogP contribution in [0.1, 0.15) is 49.9 Å². The van der Waals surface area contributed by atoms with Gasteiger partial charge in [0.2, 0.25) is 0 Å². The summed E-state index contributed by atoms with van der Waals surface area (Å²) in [7, 11) is 0. The van der Waals surface area contributed by atoms with E-state index in [0.717, 1.165) is 28.9 Å². The fourth-order valence-electron chi connectivity index (χ4n) is 3.13. The van der Waals surface area contributed by atoms with Gasteiger partial charge >= 0.3 is 6.03 Å². The van der Waals surface area contributed by atoms with Crippen LogP contribution in [-0.2, 0) is 11.8 Å². The third-order valence-corrected chi connectivity index (χ3v) is 5.08. The Bertz CT molecular complexity index is 1010. The Hall–Kier alpha value is -3.08. The third-order valence-electron chi connectivity index (χ3n) is 5.08. The van der Waals surface area contributed by atoms with Gasteiger partial charge < -0.3 is 0 Å². The lowest BCUT2D eigenvalue weighted by Gasteiger charge is -2.13. The highest BCUT2D eigenvalue weighted by Gasteiger charge is 2.23. The monoisotopic (exact) mass is 391 g/mol. The molecule has 1 aromatic heterocycles. The summed E-state index contributed by atoms with van der Waals surface area (Å²) in [6.45, 7) is 12.7. The minimum atomic E-state index is -0.283. The summed E-state index contributed by atoms with van der Waals surface area (Å²) in [5.74, 6) is 0. The molecule has 0 spiro atoms. The quantitative estimate of drug-likeness (QED) is 0.603. The Morgan fingerprint density at radius 1 is 1.07 bits per heavy atom. The molecule has 29 heavy (non-hydrogen) atoms. The Balaban J connectivity index is 1.88. The second-order valence-corrected chi connectivity index (χ2v) is 8.56. The first-order valence-corrected chi connectivity index (χ1v) is 10.1. The Labute approximate surface area is 173 Å². The molecule has 0 aliphatic rings. The van der Waals surface area contributed by atoms with Crippen LogP contribution in [0.2, 0.25) is 0 Å². The maximum absolute atomic E-state index is 12.7. The second kappa shape index (κ2) is 8.11. The van der Waals surface area contributed by atoms with Gasteiger partial charge in [-0.2, -0.15) is 0 Å². The fourth-order valence-corrected chi connectivity index (χ4v) is 3.13. The normalized spacial score (nSPS) is 11.4. The van der Waals surface area contributed by atoms with E-state index in [2.05, 4.69) is 69.8 Å². The number of nitrogens with one attached hydrogen (secondary N) is 2. The van der Waals surface area contributed by atoms with E-state index in [1.54, 1.807) is 4.79 Å². The number of hydrogen-bond donors (Lipinski definition) is 2. The highest BCUT2D eigenvalue weighted by atomic mass is 16.2. The van der Waals surface area contributed by atoms with Crippen molar-refractivity contribution in [2.75, 3.05) is 10.7 Å². The van der Waals surface area contributed by atoms with Crippen LogP contribution in [0.15, 0.2) is 54.9 Å².